The van der Waals surface area contributed by atoms with Gasteiger partial charge in [0.15, 0.2) is 0 Å². The Morgan fingerprint density at radius 2 is 1.86 bits per heavy atom. The van der Waals surface area contributed by atoms with Crippen molar-refractivity contribution in [2.75, 3.05) is 12.3 Å². The highest BCUT2D eigenvalue weighted by Gasteiger charge is 2.16. The molecule has 0 aliphatic heterocycles. The van der Waals surface area contributed by atoms with Crippen molar-refractivity contribution in [3.05, 3.63) is 35.5 Å². The first kappa shape index (κ1) is 14.3. The number of aromatic nitrogens is 2. The third-order valence-electron chi connectivity index (χ3n) is 2.45. The molecule has 0 unspecified atom stereocenters. The van der Waals surface area contributed by atoms with Gasteiger partial charge in [-0.2, -0.15) is 0 Å². The van der Waals surface area contributed by atoms with Crippen LogP contribution < -0.4 is 21.3 Å². The van der Waals surface area contributed by atoms with Crippen LogP contribution in [-0.2, 0) is 0 Å². The van der Waals surface area contributed by atoms with Crippen LogP contribution in [0, 0.1) is 0 Å². The van der Waals surface area contributed by atoms with E-state index in [1.165, 1.54) is 0 Å². The quantitative estimate of drug-likeness (QED) is 0.682. The number of ether oxygens (including phenoxy) is 1. The number of nitrogens with zero attached hydrogens (tertiary/aromatic N) is 2. The highest BCUT2D eigenvalue weighted by Crippen LogP contribution is 2.11. The molecule has 0 spiro atoms. The van der Waals surface area contributed by atoms with Gasteiger partial charge >= 0.3 is 0 Å². The molecule has 1 aromatic heterocycles. The van der Waals surface area contributed by atoms with Crippen LogP contribution in [-0.4, -0.2) is 28.7 Å². The van der Waals surface area contributed by atoms with E-state index in [-0.39, 0.29) is 11.5 Å². The molecule has 0 aliphatic carbocycles. The minimum Gasteiger partial charge on any atom is -0.494 e. The third kappa shape index (κ3) is 3.47. The SMILES string of the molecule is CCOc1ccc(C(=O)NNC(=O)c2nonc2N)cc1. The minimum atomic E-state index is -0.729. The molecule has 2 rings (SSSR count). The lowest BCUT2D eigenvalue weighted by Crippen LogP contribution is -2.42. The number of hydrogen-bond acceptors (Lipinski definition) is 7. The second kappa shape index (κ2) is 6.37. The molecule has 0 atom stereocenters. The Balaban J connectivity index is 1.92. The maximum Gasteiger partial charge on any atom is 0.295 e. The number of hydrogen-bond donors (Lipinski definition) is 3. The van der Waals surface area contributed by atoms with Gasteiger partial charge in [-0.1, -0.05) is 0 Å². The van der Waals surface area contributed by atoms with Gasteiger partial charge in [0.05, 0.1) is 6.61 Å². The van der Waals surface area contributed by atoms with Gasteiger partial charge in [-0.25, -0.2) is 4.63 Å². The molecular formula is C12H13N5O4. The van der Waals surface area contributed by atoms with Gasteiger partial charge in [-0.15, -0.1) is 0 Å². The van der Waals surface area contributed by atoms with E-state index in [2.05, 4.69) is 25.8 Å². The second-order valence-electron chi connectivity index (χ2n) is 3.86. The molecule has 0 saturated heterocycles. The predicted molar refractivity (Wildman–Crippen MR) is 71.3 cm³/mol. The summed E-state index contributed by atoms with van der Waals surface area (Å²) in [5.74, 6) is -0.739. The zero-order chi connectivity index (χ0) is 15.2. The summed E-state index contributed by atoms with van der Waals surface area (Å²) in [6.45, 7) is 2.40. The smallest absolute Gasteiger partial charge is 0.295 e. The molecule has 0 radical (unpaired) electrons. The Hall–Kier alpha value is -3.10. The molecule has 0 bridgehead atoms. The van der Waals surface area contributed by atoms with Gasteiger partial charge in [0.1, 0.15) is 5.75 Å². The fraction of sp³-hybridized carbons (Fsp3) is 0.167. The minimum absolute atomic E-state index is 0.164. The van der Waals surface area contributed by atoms with Gasteiger partial charge in [-0.05, 0) is 41.5 Å². The molecule has 9 heteroatoms. The Labute approximate surface area is 119 Å². The number of anilines is 1. The molecule has 4 N–H and O–H groups in total. The van der Waals surface area contributed by atoms with Gasteiger partial charge in [-0.3, -0.25) is 20.4 Å². The summed E-state index contributed by atoms with van der Waals surface area (Å²) in [4.78, 5) is 23.4. The van der Waals surface area contributed by atoms with E-state index in [0.717, 1.165) is 0 Å². The molecule has 21 heavy (non-hydrogen) atoms. The molecular weight excluding hydrogens is 278 g/mol. The first-order chi connectivity index (χ1) is 10.1. The molecule has 1 aromatic carbocycles. The molecule has 2 aromatic rings. The Morgan fingerprint density at radius 3 is 2.43 bits per heavy atom. The number of carbonyl (C=O) groups excluding carboxylic acids is 2. The Kier molecular flexibility index (Phi) is 4.34. The number of nitrogens with one attached hydrogen (secondary N) is 2. The molecule has 1 heterocycles. The highest BCUT2D eigenvalue weighted by molar-refractivity contribution is 5.99. The van der Waals surface area contributed by atoms with Crippen molar-refractivity contribution in [2.24, 2.45) is 0 Å². The fourth-order valence-electron chi connectivity index (χ4n) is 1.47. The van der Waals surface area contributed by atoms with Crippen molar-refractivity contribution in [2.45, 2.75) is 6.92 Å². The predicted octanol–water partition coefficient (Wildman–Crippen LogP) is 0.125. The summed E-state index contributed by atoms with van der Waals surface area (Å²) in [6.07, 6.45) is 0. The summed E-state index contributed by atoms with van der Waals surface area (Å²) in [5, 5.41) is 6.56. The zero-order valence-electron chi connectivity index (χ0n) is 11.1. The van der Waals surface area contributed by atoms with Crippen LogP contribution >= 0.6 is 0 Å². The molecule has 0 fully saturated rings. The lowest BCUT2D eigenvalue weighted by atomic mass is 10.2. The topological polar surface area (TPSA) is 132 Å². The van der Waals surface area contributed by atoms with Crippen LogP contribution in [0.3, 0.4) is 0 Å². The second-order valence-corrected chi connectivity index (χ2v) is 3.86. The van der Waals surface area contributed by atoms with Gasteiger partial charge in [0.25, 0.3) is 11.8 Å². The molecule has 110 valence electrons. The van der Waals surface area contributed by atoms with E-state index in [1.54, 1.807) is 24.3 Å². The number of hydrazine groups is 1. The summed E-state index contributed by atoms with van der Waals surface area (Å²) >= 11 is 0. The van der Waals surface area contributed by atoms with E-state index >= 15 is 0 Å². The maximum atomic E-state index is 11.8. The number of nitrogen functional groups attached to an aromatic ring is 1. The van der Waals surface area contributed by atoms with Crippen LogP contribution in [0.15, 0.2) is 28.9 Å². The summed E-state index contributed by atoms with van der Waals surface area (Å²) in [7, 11) is 0. The van der Waals surface area contributed by atoms with Crippen molar-refractivity contribution < 1.29 is 19.0 Å². The first-order valence-electron chi connectivity index (χ1n) is 6.03. The lowest BCUT2D eigenvalue weighted by Gasteiger charge is -2.07. The van der Waals surface area contributed by atoms with Crippen molar-refractivity contribution in [1.29, 1.82) is 0 Å². The van der Waals surface area contributed by atoms with Crippen molar-refractivity contribution in [3.63, 3.8) is 0 Å². The maximum absolute atomic E-state index is 11.8. The number of carbonyl (C=O) groups is 2. The largest absolute Gasteiger partial charge is 0.494 e. The average Bonchev–Trinajstić information content (AvgIpc) is 2.92. The van der Waals surface area contributed by atoms with E-state index in [1.807, 2.05) is 6.92 Å². The summed E-state index contributed by atoms with van der Waals surface area (Å²) in [6, 6.07) is 6.44. The van der Waals surface area contributed by atoms with Crippen molar-refractivity contribution in [1.82, 2.24) is 21.2 Å². The average molecular weight is 291 g/mol. The standard InChI is InChI=1S/C12H13N5O4/c1-2-20-8-5-3-7(4-6-8)11(18)14-15-12(19)9-10(13)17-21-16-9/h3-6H,2H2,1H3,(H2,13,17)(H,14,18)(H,15,19). The van der Waals surface area contributed by atoms with Gasteiger partial charge in [0.2, 0.25) is 11.5 Å². The molecule has 0 aliphatic rings. The van der Waals surface area contributed by atoms with Gasteiger partial charge < -0.3 is 10.5 Å². The molecule has 2 amide bonds. The van der Waals surface area contributed by atoms with E-state index in [9.17, 15) is 9.59 Å². The van der Waals surface area contributed by atoms with Crippen LogP contribution in [0.5, 0.6) is 5.75 Å². The van der Waals surface area contributed by atoms with Crippen molar-refractivity contribution in [3.8, 4) is 5.75 Å². The Bertz CT molecular complexity index is 637. The Morgan fingerprint density at radius 1 is 1.19 bits per heavy atom. The zero-order valence-corrected chi connectivity index (χ0v) is 11.1. The number of benzene rings is 1. The van der Waals surface area contributed by atoms with Crippen LogP contribution in [0.25, 0.3) is 0 Å². The first-order valence-corrected chi connectivity index (χ1v) is 6.03. The fourth-order valence-corrected chi connectivity index (χ4v) is 1.47. The monoisotopic (exact) mass is 291 g/mol. The van der Waals surface area contributed by atoms with Gasteiger partial charge in [0, 0.05) is 5.56 Å². The molecule has 9 nitrogen and oxygen atoms in total. The summed E-state index contributed by atoms with van der Waals surface area (Å²) < 4.78 is 9.54. The van der Waals surface area contributed by atoms with Crippen LogP contribution in [0.1, 0.15) is 27.8 Å². The summed E-state index contributed by atoms with van der Waals surface area (Å²) in [5.41, 5.74) is 9.87. The van der Waals surface area contributed by atoms with E-state index in [4.69, 9.17) is 10.5 Å². The van der Waals surface area contributed by atoms with Crippen molar-refractivity contribution >= 4 is 17.6 Å². The van der Waals surface area contributed by atoms with E-state index < -0.39 is 11.8 Å². The number of amides is 2. The highest BCUT2D eigenvalue weighted by atomic mass is 16.6. The van der Waals surface area contributed by atoms with Crippen LogP contribution in [0.2, 0.25) is 0 Å². The molecule has 0 saturated carbocycles. The lowest BCUT2D eigenvalue weighted by molar-refractivity contribution is 0.0841. The number of rotatable bonds is 4. The van der Waals surface area contributed by atoms with E-state index in [0.29, 0.717) is 17.9 Å². The van der Waals surface area contributed by atoms with Crippen LogP contribution in [0.4, 0.5) is 5.82 Å². The number of nitrogens with two attached hydrogens (primary N) is 1. The normalized spacial score (nSPS) is 9.95. The third-order valence-corrected chi connectivity index (χ3v) is 2.45.